The molecule has 0 amide bonds. The molecule has 0 spiro atoms. The minimum absolute atomic E-state index is 0.557. The zero-order valence-corrected chi connectivity index (χ0v) is 18.6. The first-order chi connectivity index (χ1) is 14.2. The maximum atomic E-state index is 5.52. The first-order valence-corrected chi connectivity index (χ1v) is 11.4. The number of thiazole rings is 1. The van der Waals surface area contributed by atoms with Crippen molar-refractivity contribution in [3.8, 4) is 5.75 Å². The molecule has 2 heterocycles. The Morgan fingerprint density at radius 3 is 2.93 bits per heavy atom. The number of rotatable bonds is 9. The van der Waals surface area contributed by atoms with E-state index >= 15 is 0 Å². The molecule has 1 saturated heterocycles. The summed E-state index contributed by atoms with van der Waals surface area (Å²) in [6.07, 6.45) is 5.13. The second kappa shape index (κ2) is 11.0. The molecule has 3 rings (SSSR count). The number of anilines is 1. The van der Waals surface area contributed by atoms with E-state index in [0.717, 1.165) is 63.7 Å². The van der Waals surface area contributed by atoms with Crippen LogP contribution in [0.4, 0.5) is 5.69 Å². The molecule has 1 fully saturated rings. The summed E-state index contributed by atoms with van der Waals surface area (Å²) < 4.78 is 5.52. The monoisotopic (exact) mass is 415 g/mol. The topological polar surface area (TPSA) is 61.8 Å². The molecular formula is C22H33N5OS. The highest BCUT2D eigenvalue weighted by molar-refractivity contribution is 7.11. The number of hydrogen-bond acceptors (Lipinski definition) is 5. The fourth-order valence-electron chi connectivity index (χ4n) is 3.57. The van der Waals surface area contributed by atoms with E-state index in [1.165, 1.54) is 15.6 Å². The van der Waals surface area contributed by atoms with Gasteiger partial charge in [0, 0.05) is 50.2 Å². The van der Waals surface area contributed by atoms with Crippen molar-refractivity contribution in [2.24, 2.45) is 10.9 Å². The van der Waals surface area contributed by atoms with Crippen LogP contribution in [0.2, 0.25) is 0 Å². The molecular weight excluding hydrogens is 382 g/mol. The predicted octanol–water partition coefficient (Wildman–Crippen LogP) is 3.34. The summed E-state index contributed by atoms with van der Waals surface area (Å²) in [5, 5.41) is 8.00. The number of benzene rings is 1. The fourth-order valence-corrected chi connectivity index (χ4v) is 4.43. The molecule has 1 atom stereocenters. The standard InChI is InChI=1S/C22H33N5OS/c1-4-18-15-25-21(29-18)10-12-24-22(23-5-2)26-14-17-11-13-27(16-17)19-8-6-7-9-20(19)28-3/h6-9,15,17H,4-5,10-14,16H2,1-3H3,(H2,23,24,26). The van der Waals surface area contributed by atoms with Crippen LogP contribution in [0.5, 0.6) is 5.75 Å². The molecule has 29 heavy (non-hydrogen) atoms. The Balaban J connectivity index is 1.49. The van der Waals surface area contributed by atoms with Crippen molar-refractivity contribution in [2.45, 2.75) is 33.1 Å². The number of para-hydroxylation sites is 2. The molecule has 1 aliphatic heterocycles. The second-order valence-corrected chi connectivity index (χ2v) is 8.44. The van der Waals surface area contributed by atoms with E-state index in [1.54, 1.807) is 18.4 Å². The summed E-state index contributed by atoms with van der Waals surface area (Å²) in [6.45, 7) is 8.88. The van der Waals surface area contributed by atoms with Crippen LogP contribution in [0.3, 0.4) is 0 Å². The zero-order chi connectivity index (χ0) is 20.5. The third kappa shape index (κ3) is 6.10. The molecule has 1 unspecified atom stereocenters. The van der Waals surface area contributed by atoms with Crippen LogP contribution < -0.4 is 20.3 Å². The van der Waals surface area contributed by atoms with Gasteiger partial charge in [0.2, 0.25) is 0 Å². The highest BCUT2D eigenvalue weighted by Crippen LogP contribution is 2.31. The van der Waals surface area contributed by atoms with Crippen molar-refractivity contribution in [3.63, 3.8) is 0 Å². The molecule has 1 aliphatic rings. The van der Waals surface area contributed by atoms with Gasteiger partial charge in [0.05, 0.1) is 17.8 Å². The highest BCUT2D eigenvalue weighted by atomic mass is 32.1. The maximum absolute atomic E-state index is 5.52. The summed E-state index contributed by atoms with van der Waals surface area (Å²) in [5.74, 6) is 2.40. The summed E-state index contributed by atoms with van der Waals surface area (Å²) in [5.41, 5.74) is 1.18. The number of aliphatic imine (C=N–C) groups is 1. The van der Waals surface area contributed by atoms with Gasteiger partial charge < -0.3 is 20.3 Å². The van der Waals surface area contributed by atoms with Crippen molar-refractivity contribution < 1.29 is 4.74 Å². The molecule has 2 aromatic rings. The zero-order valence-electron chi connectivity index (χ0n) is 17.8. The van der Waals surface area contributed by atoms with Crippen molar-refractivity contribution in [1.29, 1.82) is 0 Å². The summed E-state index contributed by atoms with van der Waals surface area (Å²) in [6, 6.07) is 8.25. The normalized spacial score (nSPS) is 16.9. The van der Waals surface area contributed by atoms with Crippen LogP contribution in [0.15, 0.2) is 35.5 Å². The lowest BCUT2D eigenvalue weighted by atomic mass is 10.1. The first-order valence-electron chi connectivity index (χ1n) is 10.6. The molecule has 7 heteroatoms. The van der Waals surface area contributed by atoms with Crippen LogP contribution in [-0.4, -0.2) is 50.8 Å². The molecule has 0 bridgehead atoms. The number of hydrogen-bond donors (Lipinski definition) is 2. The quantitative estimate of drug-likeness (QED) is 0.486. The van der Waals surface area contributed by atoms with Crippen LogP contribution in [0.25, 0.3) is 0 Å². The summed E-state index contributed by atoms with van der Waals surface area (Å²) in [7, 11) is 1.74. The van der Waals surface area contributed by atoms with E-state index in [0.29, 0.717) is 5.92 Å². The van der Waals surface area contributed by atoms with E-state index in [4.69, 9.17) is 9.73 Å². The minimum Gasteiger partial charge on any atom is -0.495 e. The number of nitrogens with one attached hydrogen (secondary N) is 2. The smallest absolute Gasteiger partial charge is 0.191 e. The van der Waals surface area contributed by atoms with Gasteiger partial charge in [-0.15, -0.1) is 11.3 Å². The average molecular weight is 416 g/mol. The lowest BCUT2D eigenvalue weighted by Gasteiger charge is -2.21. The number of aromatic nitrogens is 1. The Hall–Kier alpha value is -2.28. The Labute approximate surface area is 178 Å². The van der Waals surface area contributed by atoms with Crippen molar-refractivity contribution >= 4 is 23.0 Å². The fraction of sp³-hybridized carbons (Fsp3) is 0.545. The molecule has 0 aliphatic carbocycles. The van der Waals surface area contributed by atoms with Gasteiger partial charge in [-0.3, -0.25) is 4.99 Å². The Bertz CT molecular complexity index is 791. The number of aryl methyl sites for hydroxylation is 1. The summed E-state index contributed by atoms with van der Waals surface area (Å²) in [4.78, 5) is 13.1. The summed E-state index contributed by atoms with van der Waals surface area (Å²) >= 11 is 1.81. The maximum Gasteiger partial charge on any atom is 0.191 e. The van der Waals surface area contributed by atoms with E-state index < -0.39 is 0 Å². The van der Waals surface area contributed by atoms with E-state index in [1.807, 2.05) is 18.3 Å². The van der Waals surface area contributed by atoms with Gasteiger partial charge in [0.1, 0.15) is 5.75 Å². The van der Waals surface area contributed by atoms with Crippen molar-refractivity contribution in [2.75, 3.05) is 44.7 Å². The van der Waals surface area contributed by atoms with Gasteiger partial charge in [-0.05, 0) is 37.8 Å². The number of ether oxygens (including phenoxy) is 1. The van der Waals surface area contributed by atoms with Gasteiger partial charge in [0.15, 0.2) is 5.96 Å². The molecule has 0 saturated carbocycles. The van der Waals surface area contributed by atoms with E-state index in [2.05, 4.69) is 46.5 Å². The van der Waals surface area contributed by atoms with Gasteiger partial charge in [-0.2, -0.15) is 0 Å². The van der Waals surface area contributed by atoms with Crippen LogP contribution in [0.1, 0.15) is 30.2 Å². The third-order valence-corrected chi connectivity index (χ3v) is 6.35. The number of guanidine groups is 1. The largest absolute Gasteiger partial charge is 0.495 e. The Morgan fingerprint density at radius 2 is 2.17 bits per heavy atom. The first kappa shape index (κ1) is 21.4. The number of nitrogens with zero attached hydrogens (tertiary/aromatic N) is 3. The molecule has 2 N–H and O–H groups in total. The SMILES string of the molecule is CCNC(=NCC1CCN(c2ccccc2OC)C1)NCCc1ncc(CC)s1. The van der Waals surface area contributed by atoms with E-state index in [-0.39, 0.29) is 0 Å². The van der Waals surface area contributed by atoms with Gasteiger partial charge in [-0.1, -0.05) is 19.1 Å². The molecule has 1 aromatic heterocycles. The lowest BCUT2D eigenvalue weighted by molar-refractivity contribution is 0.414. The van der Waals surface area contributed by atoms with Crippen molar-refractivity contribution in [3.05, 3.63) is 40.3 Å². The average Bonchev–Trinajstić information content (AvgIpc) is 3.41. The highest BCUT2D eigenvalue weighted by Gasteiger charge is 2.24. The molecule has 158 valence electrons. The molecule has 1 aromatic carbocycles. The van der Waals surface area contributed by atoms with Gasteiger partial charge >= 0.3 is 0 Å². The molecule has 6 nitrogen and oxygen atoms in total. The Kier molecular flexibility index (Phi) is 8.16. The van der Waals surface area contributed by atoms with Crippen molar-refractivity contribution in [1.82, 2.24) is 15.6 Å². The lowest BCUT2D eigenvalue weighted by Crippen LogP contribution is -2.38. The van der Waals surface area contributed by atoms with Gasteiger partial charge in [0.25, 0.3) is 0 Å². The van der Waals surface area contributed by atoms with E-state index in [9.17, 15) is 0 Å². The van der Waals surface area contributed by atoms with Crippen LogP contribution >= 0.6 is 11.3 Å². The second-order valence-electron chi connectivity index (χ2n) is 7.24. The predicted molar refractivity (Wildman–Crippen MR) is 122 cm³/mol. The van der Waals surface area contributed by atoms with Gasteiger partial charge in [-0.25, -0.2) is 4.98 Å². The van der Waals surface area contributed by atoms with Crippen LogP contribution in [0, 0.1) is 5.92 Å². The molecule has 0 radical (unpaired) electrons. The third-order valence-electron chi connectivity index (χ3n) is 5.14. The number of methoxy groups -OCH3 is 1. The van der Waals surface area contributed by atoms with Crippen LogP contribution in [-0.2, 0) is 12.8 Å². The minimum atomic E-state index is 0.557. The Morgan fingerprint density at radius 1 is 1.31 bits per heavy atom.